The second kappa shape index (κ2) is 6.71. The lowest BCUT2D eigenvalue weighted by Crippen LogP contribution is -2.31. The molecule has 0 bridgehead atoms. The number of aromatic amines is 1. The zero-order chi connectivity index (χ0) is 19.0. The number of pyridine rings is 1. The van der Waals surface area contributed by atoms with Crippen molar-refractivity contribution in [1.82, 2.24) is 15.0 Å². The van der Waals surface area contributed by atoms with Crippen LogP contribution in [0.5, 0.6) is 0 Å². The molecule has 1 aliphatic heterocycles. The van der Waals surface area contributed by atoms with Crippen molar-refractivity contribution in [3.63, 3.8) is 0 Å². The Morgan fingerprint density at radius 1 is 1.22 bits per heavy atom. The van der Waals surface area contributed by atoms with Gasteiger partial charge >= 0.3 is 0 Å². The summed E-state index contributed by atoms with van der Waals surface area (Å²) < 4.78 is 27.7. The van der Waals surface area contributed by atoms with Crippen LogP contribution in [0.15, 0.2) is 47.4 Å². The fourth-order valence-electron chi connectivity index (χ4n) is 3.20. The fraction of sp³-hybridized carbons (Fsp3) is 0.158. The number of benzene rings is 1. The van der Waals surface area contributed by atoms with Crippen LogP contribution in [0.4, 0.5) is 14.5 Å². The van der Waals surface area contributed by atoms with E-state index >= 15 is 0 Å². The predicted octanol–water partition coefficient (Wildman–Crippen LogP) is 2.24. The van der Waals surface area contributed by atoms with E-state index in [1.807, 2.05) is 0 Å². The third kappa shape index (κ3) is 3.21. The standard InChI is InChI=1S/C19H14F2N4O2/c20-13-4-1-5-15-11(13)6-8-25(15)18(27)10-16-23-14(9-17(26)24-16)12-3-2-7-22-19(12)21/h1-5,7,9H,6,8,10H2,(H,23,24,26). The van der Waals surface area contributed by atoms with Crippen LogP contribution in [0.25, 0.3) is 11.3 Å². The molecular formula is C19H14F2N4O2. The lowest BCUT2D eigenvalue weighted by Gasteiger charge is -2.17. The van der Waals surface area contributed by atoms with Crippen molar-refractivity contribution in [2.45, 2.75) is 12.8 Å². The van der Waals surface area contributed by atoms with Gasteiger partial charge in [0, 0.05) is 30.1 Å². The Labute approximate surface area is 152 Å². The number of carbonyl (C=O) groups excluding carboxylic acids is 1. The number of fused-ring (bicyclic) bond motifs is 1. The van der Waals surface area contributed by atoms with Gasteiger partial charge in [-0.2, -0.15) is 4.39 Å². The van der Waals surface area contributed by atoms with Crippen molar-refractivity contribution < 1.29 is 13.6 Å². The third-order valence-electron chi connectivity index (χ3n) is 4.42. The lowest BCUT2D eigenvalue weighted by molar-refractivity contribution is -0.118. The number of H-pyrrole nitrogens is 1. The van der Waals surface area contributed by atoms with Crippen molar-refractivity contribution in [3.8, 4) is 11.3 Å². The van der Waals surface area contributed by atoms with Gasteiger partial charge in [-0.3, -0.25) is 9.59 Å². The van der Waals surface area contributed by atoms with Crippen LogP contribution in [0.3, 0.4) is 0 Å². The summed E-state index contributed by atoms with van der Waals surface area (Å²) in [5.74, 6) is -1.32. The molecule has 27 heavy (non-hydrogen) atoms. The maximum Gasteiger partial charge on any atom is 0.251 e. The second-order valence-corrected chi connectivity index (χ2v) is 6.13. The third-order valence-corrected chi connectivity index (χ3v) is 4.42. The lowest BCUT2D eigenvalue weighted by atomic mass is 10.1. The maximum atomic E-state index is 13.9. The van der Waals surface area contributed by atoms with E-state index in [0.29, 0.717) is 24.2 Å². The highest BCUT2D eigenvalue weighted by Gasteiger charge is 2.27. The highest BCUT2D eigenvalue weighted by Crippen LogP contribution is 2.30. The number of amides is 1. The van der Waals surface area contributed by atoms with Crippen LogP contribution >= 0.6 is 0 Å². The van der Waals surface area contributed by atoms with Gasteiger partial charge in [0.15, 0.2) is 0 Å². The normalized spacial score (nSPS) is 12.9. The molecule has 1 aromatic carbocycles. The van der Waals surface area contributed by atoms with E-state index in [4.69, 9.17) is 0 Å². The average Bonchev–Trinajstić information content (AvgIpc) is 3.07. The molecule has 8 heteroatoms. The molecule has 0 saturated heterocycles. The Hall–Kier alpha value is -3.42. The van der Waals surface area contributed by atoms with Crippen molar-refractivity contribution in [2.75, 3.05) is 11.4 Å². The van der Waals surface area contributed by atoms with Crippen molar-refractivity contribution in [3.05, 3.63) is 76.1 Å². The number of nitrogens with one attached hydrogen (secondary N) is 1. The van der Waals surface area contributed by atoms with Crippen molar-refractivity contribution >= 4 is 11.6 Å². The molecule has 1 N–H and O–H groups in total. The molecule has 3 aromatic rings. The van der Waals surface area contributed by atoms with Gasteiger partial charge < -0.3 is 9.88 Å². The van der Waals surface area contributed by atoms with E-state index in [9.17, 15) is 18.4 Å². The molecule has 0 fully saturated rings. The summed E-state index contributed by atoms with van der Waals surface area (Å²) in [4.78, 5) is 36.3. The van der Waals surface area contributed by atoms with E-state index in [2.05, 4.69) is 15.0 Å². The van der Waals surface area contributed by atoms with Gasteiger partial charge in [-0.15, -0.1) is 0 Å². The Morgan fingerprint density at radius 2 is 2.07 bits per heavy atom. The fourth-order valence-corrected chi connectivity index (χ4v) is 3.20. The quantitative estimate of drug-likeness (QED) is 0.719. The number of hydrogen-bond donors (Lipinski definition) is 1. The zero-order valence-electron chi connectivity index (χ0n) is 14.1. The SMILES string of the molecule is O=C(Cc1nc(-c2cccnc2F)cc(=O)[nH]1)N1CCc2c(F)cccc21. The first-order chi connectivity index (χ1) is 13.0. The predicted molar refractivity (Wildman–Crippen MR) is 94.2 cm³/mol. The summed E-state index contributed by atoms with van der Waals surface area (Å²) in [6.45, 7) is 0.357. The molecule has 0 unspecified atom stereocenters. The minimum Gasteiger partial charge on any atom is -0.311 e. The zero-order valence-corrected chi connectivity index (χ0v) is 14.1. The van der Waals surface area contributed by atoms with Crippen LogP contribution in [-0.2, 0) is 17.6 Å². The molecular weight excluding hydrogens is 354 g/mol. The summed E-state index contributed by atoms with van der Waals surface area (Å²) >= 11 is 0. The van der Waals surface area contributed by atoms with Gasteiger partial charge in [-0.05, 0) is 30.7 Å². The van der Waals surface area contributed by atoms with Crippen LogP contribution in [0, 0.1) is 11.8 Å². The summed E-state index contributed by atoms with van der Waals surface area (Å²) in [6.07, 6.45) is 1.53. The Bertz CT molecular complexity index is 1100. The average molecular weight is 368 g/mol. The van der Waals surface area contributed by atoms with Crippen LogP contribution in [-0.4, -0.2) is 27.4 Å². The van der Waals surface area contributed by atoms with Gasteiger partial charge in [-0.25, -0.2) is 14.4 Å². The highest BCUT2D eigenvalue weighted by atomic mass is 19.1. The molecule has 3 heterocycles. The van der Waals surface area contributed by atoms with Gasteiger partial charge in [0.2, 0.25) is 11.9 Å². The Balaban J connectivity index is 1.63. The molecule has 1 aliphatic rings. The van der Waals surface area contributed by atoms with E-state index in [1.165, 1.54) is 29.3 Å². The van der Waals surface area contributed by atoms with Crippen LogP contribution in [0.2, 0.25) is 0 Å². The topological polar surface area (TPSA) is 79.0 Å². The Morgan fingerprint density at radius 3 is 2.89 bits per heavy atom. The van der Waals surface area contributed by atoms with Gasteiger partial charge in [0.1, 0.15) is 11.6 Å². The molecule has 0 atom stereocenters. The van der Waals surface area contributed by atoms with Crippen LogP contribution in [0.1, 0.15) is 11.4 Å². The van der Waals surface area contributed by atoms with Gasteiger partial charge in [-0.1, -0.05) is 6.07 Å². The van der Waals surface area contributed by atoms with Crippen molar-refractivity contribution in [1.29, 1.82) is 0 Å². The summed E-state index contributed by atoms with van der Waals surface area (Å²) in [7, 11) is 0. The molecule has 4 rings (SSSR count). The molecule has 6 nitrogen and oxygen atoms in total. The number of rotatable bonds is 3. The van der Waals surface area contributed by atoms with E-state index in [0.717, 1.165) is 6.07 Å². The number of hydrogen-bond acceptors (Lipinski definition) is 4. The van der Waals surface area contributed by atoms with E-state index < -0.39 is 11.5 Å². The summed E-state index contributed by atoms with van der Waals surface area (Å²) in [6, 6.07) is 8.72. The number of nitrogens with zero attached hydrogens (tertiary/aromatic N) is 3. The molecule has 0 spiro atoms. The second-order valence-electron chi connectivity index (χ2n) is 6.13. The summed E-state index contributed by atoms with van der Waals surface area (Å²) in [5.41, 5.74) is 0.695. The van der Waals surface area contributed by atoms with Crippen LogP contribution < -0.4 is 10.5 Å². The Kier molecular flexibility index (Phi) is 4.23. The molecule has 2 aromatic heterocycles. The molecule has 1 amide bonds. The largest absolute Gasteiger partial charge is 0.311 e. The van der Waals surface area contributed by atoms with E-state index in [1.54, 1.807) is 12.1 Å². The molecule has 0 radical (unpaired) electrons. The smallest absolute Gasteiger partial charge is 0.251 e. The molecule has 0 saturated carbocycles. The van der Waals surface area contributed by atoms with Crippen molar-refractivity contribution in [2.24, 2.45) is 0 Å². The minimum atomic E-state index is -0.753. The van der Waals surface area contributed by atoms with Gasteiger partial charge in [0.05, 0.1) is 17.7 Å². The van der Waals surface area contributed by atoms with Gasteiger partial charge in [0.25, 0.3) is 5.56 Å². The molecule has 136 valence electrons. The van der Waals surface area contributed by atoms with E-state index in [-0.39, 0.29) is 35.2 Å². The number of carbonyl (C=O) groups is 1. The number of anilines is 1. The number of aromatic nitrogens is 3. The first-order valence-corrected chi connectivity index (χ1v) is 8.32. The summed E-state index contributed by atoms with van der Waals surface area (Å²) in [5, 5.41) is 0. The first kappa shape index (κ1) is 17.0. The maximum absolute atomic E-state index is 13.9. The monoisotopic (exact) mass is 368 g/mol. The molecule has 0 aliphatic carbocycles. The minimum absolute atomic E-state index is 0.0749. The number of halogens is 2. The first-order valence-electron chi connectivity index (χ1n) is 8.32. The highest BCUT2D eigenvalue weighted by molar-refractivity contribution is 5.96.